The summed E-state index contributed by atoms with van der Waals surface area (Å²) in [5.41, 5.74) is -0.153. The average Bonchev–Trinajstić information content (AvgIpc) is 2.50. The van der Waals surface area contributed by atoms with Gasteiger partial charge in [0.1, 0.15) is 12.4 Å². The monoisotopic (exact) mass is 205 g/mol. The molecule has 14 heavy (non-hydrogen) atoms. The van der Waals surface area contributed by atoms with E-state index in [4.69, 9.17) is 5.26 Å². The van der Waals surface area contributed by atoms with Crippen LogP contribution in [0.4, 0.5) is 13.2 Å². The van der Waals surface area contributed by atoms with Crippen molar-refractivity contribution in [2.45, 2.75) is 6.18 Å². The van der Waals surface area contributed by atoms with Crippen LogP contribution in [0.25, 0.3) is 0 Å². The predicted octanol–water partition coefficient (Wildman–Crippen LogP) is 0.272. The van der Waals surface area contributed by atoms with Crippen molar-refractivity contribution in [3.8, 4) is 6.07 Å². The van der Waals surface area contributed by atoms with Gasteiger partial charge < -0.3 is 4.84 Å². The van der Waals surface area contributed by atoms with E-state index in [1.54, 1.807) is 6.07 Å². The number of imidazole rings is 1. The van der Waals surface area contributed by atoms with Crippen LogP contribution < -0.4 is 4.84 Å². The summed E-state index contributed by atoms with van der Waals surface area (Å²) in [4.78, 5) is 17.4. The second-order valence-electron chi connectivity index (χ2n) is 2.11. The van der Waals surface area contributed by atoms with Gasteiger partial charge in [0.25, 0.3) is 0 Å². The Kier molecular flexibility index (Phi) is 2.42. The summed E-state index contributed by atoms with van der Waals surface area (Å²) in [7, 11) is 0. The number of nitrogens with zero attached hydrogens (tertiary/aromatic N) is 3. The van der Waals surface area contributed by atoms with Gasteiger partial charge in [-0.05, 0) is 0 Å². The maximum Gasteiger partial charge on any atom is 0.493 e. The van der Waals surface area contributed by atoms with Crippen molar-refractivity contribution < 1.29 is 22.8 Å². The molecule has 1 aromatic rings. The lowest BCUT2D eigenvalue weighted by Crippen LogP contribution is -2.32. The van der Waals surface area contributed by atoms with Crippen LogP contribution in [0.2, 0.25) is 0 Å². The summed E-state index contributed by atoms with van der Waals surface area (Å²) in [5.74, 6) is -2.38. The third-order valence-corrected chi connectivity index (χ3v) is 1.09. The zero-order valence-electron chi connectivity index (χ0n) is 6.45. The number of hydrogen-bond acceptors (Lipinski definition) is 4. The van der Waals surface area contributed by atoms with Gasteiger partial charge in [-0.15, -0.1) is 0 Å². The summed E-state index contributed by atoms with van der Waals surface area (Å²) in [6, 6.07) is 1.55. The highest BCUT2D eigenvalue weighted by atomic mass is 19.4. The van der Waals surface area contributed by atoms with Crippen molar-refractivity contribution in [1.29, 1.82) is 5.26 Å². The van der Waals surface area contributed by atoms with Gasteiger partial charge in [-0.2, -0.15) is 23.2 Å². The first-order chi connectivity index (χ1) is 6.43. The van der Waals surface area contributed by atoms with Gasteiger partial charge in [-0.3, -0.25) is 0 Å². The fourth-order valence-corrected chi connectivity index (χ4v) is 0.561. The fraction of sp³-hybridized carbons (Fsp3) is 0.167. The van der Waals surface area contributed by atoms with E-state index in [9.17, 15) is 18.0 Å². The Balaban J connectivity index is 2.71. The highest BCUT2D eigenvalue weighted by molar-refractivity contribution is 5.75. The molecule has 0 aliphatic carbocycles. The minimum absolute atomic E-state index is 0.153. The number of halogens is 3. The Morgan fingerprint density at radius 3 is 2.71 bits per heavy atom. The van der Waals surface area contributed by atoms with Gasteiger partial charge in [0, 0.05) is 0 Å². The summed E-state index contributed by atoms with van der Waals surface area (Å²) < 4.78 is 35.4. The SMILES string of the molecule is N#Cc1cn(OC(=O)C(F)(F)F)cn1. The normalized spacial score (nSPS) is 10.7. The van der Waals surface area contributed by atoms with E-state index in [2.05, 4.69) is 9.82 Å². The van der Waals surface area contributed by atoms with Crippen molar-refractivity contribution in [2.75, 3.05) is 0 Å². The average molecular weight is 205 g/mol. The molecule has 0 N–H and O–H groups in total. The molecule has 0 radical (unpaired) electrons. The number of carbonyl (C=O) groups excluding carboxylic acids is 1. The van der Waals surface area contributed by atoms with E-state index in [0.717, 1.165) is 12.5 Å². The molecule has 0 aliphatic rings. The topological polar surface area (TPSA) is 67.9 Å². The number of carbonyl (C=O) groups is 1. The first-order valence-electron chi connectivity index (χ1n) is 3.17. The second-order valence-corrected chi connectivity index (χ2v) is 2.11. The first-order valence-corrected chi connectivity index (χ1v) is 3.17. The van der Waals surface area contributed by atoms with Crippen LogP contribution in [0.5, 0.6) is 0 Å². The Hall–Kier alpha value is -2.04. The lowest BCUT2D eigenvalue weighted by molar-refractivity contribution is -0.199. The molecule has 1 rings (SSSR count). The van der Waals surface area contributed by atoms with Crippen LogP contribution in [0, 0.1) is 11.3 Å². The second kappa shape index (κ2) is 3.37. The number of hydrogen-bond donors (Lipinski definition) is 0. The number of alkyl halides is 3. The molecule has 0 amide bonds. The fourth-order valence-electron chi connectivity index (χ4n) is 0.561. The van der Waals surface area contributed by atoms with Crippen molar-refractivity contribution in [1.82, 2.24) is 9.71 Å². The lowest BCUT2D eigenvalue weighted by atomic mass is 10.6. The van der Waals surface area contributed by atoms with E-state index >= 15 is 0 Å². The minimum atomic E-state index is -5.07. The van der Waals surface area contributed by atoms with E-state index < -0.39 is 12.1 Å². The van der Waals surface area contributed by atoms with Crippen LogP contribution in [0.15, 0.2) is 12.5 Å². The lowest BCUT2D eigenvalue weighted by Gasteiger charge is -2.04. The van der Waals surface area contributed by atoms with E-state index in [1.807, 2.05) is 0 Å². The van der Waals surface area contributed by atoms with Crippen LogP contribution in [0.3, 0.4) is 0 Å². The largest absolute Gasteiger partial charge is 0.493 e. The maximum absolute atomic E-state index is 11.7. The Labute approximate surface area is 75.3 Å². The van der Waals surface area contributed by atoms with Crippen molar-refractivity contribution in [3.63, 3.8) is 0 Å². The van der Waals surface area contributed by atoms with Crippen molar-refractivity contribution >= 4 is 5.97 Å². The Bertz CT molecular complexity index is 390. The first kappa shape index (κ1) is 10.0. The predicted molar refractivity (Wildman–Crippen MR) is 34.6 cm³/mol. The van der Waals surface area contributed by atoms with Gasteiger partial charge in [0.2, 0.25) is 0 Å². The third kappa shape index (κ3) is 2.22. The van der Waals surface area contributed by atoms with Crippen molar-refractivity contribution in [2.24, 2.45) is 0 Å². The van der Waals surface area contributed by atoms with Gasteiger partial charge in [0.05, 0.1) is 6.20 Å². The standard InChI is InChI=1S/C6H2F3N3O2/c7-6(8,9)5(13)14-12-2-4(1-10)11-3-12/h2-3H. The number of rotatable bonds is 1. The number of nitriles is 1. The molecule has 0 saturated carbocycles. The van der Waals surface area contributed by atoms with E-state index in [1.165, 1.54) is 0 Å². The quantitative estimate of drug-likeness (QED) is 0.659. The van der Waals surface area contributed by atoms with Crippen LogP contribution in [-0.4, -0.2) is 21.9 Å². The smallest absolute Gasteiger partial charge is 0.327 e. The molecular weight excluding hydrogens is 203 g/mol. The zero-order chi connectivity index (χ0) is 10.8. The van der Waals surface area contributed by atoms with Gasteiger partial charge in [-0.25, -0.2) is 9.78 Å². The number of aromatic nitrogens is 2. The molecular formula is C6H2F3N3O2. The molecule has 0 aromatic carbocycles. The van der Waals surface area contributed by atoms with Crippen molar-refractivity contribution in [3.05, 3.63) is 18.2 Å². The van der Waals surface area contributed by atoms with Gasteiger partial charge in [0.15, 0.2) is 5.69 Å². The van der Waals surface area contributed by atoms with Crippen LogP contribution in [0.1, 0.15) is 5.69 Å². The van der Waals surface area contributed by atoms with Crippen LogP contribution in [-0.2, 0) is 4.79 Å². The Morgan fingerprint density at radius 2 is 2.29 bits per heavy atom. The summed E-state index contributed by atoms with van der Waals surface area (Å²) in [6.45, 7) is 0. The summed E-state index contributed by atoms with van der Waals surface area (Å²) in [6.07, 6.45) is -3.44. The molecule has 8 heteroatoms. The van der Waals surface area contributed by atoms with E-state index in [-0.39, 0.29) is 5.69 Å². The molecule has 0 unspecified atom stereocenters. The summed E-state index contributed by atoms with van der Waals surface area (Å²) >= 11 is 0. The third-order valence-electron chi connectivity index (χ3n) is 1.09. The highest BCUT2D eigenvalue weighted by Crippen LogP contribution is 2.14. The minimum Gasteiger partial charge on any atom is -0.327 e. The Morgan fingerprint density at radius 1 is 1.64 bits per heavy atom. The molecule has 5 nitrogen and oxygen atoms in total. The molecule has 0 fully saturated rings. The molecule has 0 aliphatic heterocycles. The zero-order valence-corrected chi connectivity index (χ0v) is 6.45. The van der Waals surface area contributed by atoms with Gasteiger partial charge >= 0.3 is 12.1 Å². The molecule has 74 valence electrons. The molecule has 0 saturated heterocycles. The maximum atomic E-state index is 11.7. The molecule has 0 atom stereocenters. The van der Waals surface area contributed by atoms with E-state index in [0.29, 0.717) is 4.73 Å². The highest BCUT2D eigenvalue weighted by Gasteiger charge is 2.42. The molecule has 0 bridgehead atoms. The van der Waals surface area contributed by atoms with Gasteiger partial charge in [-0.1, -0.05) is 0 Å². The van der Waals surface area contributed by atoms with Crippen LogP contribution >= 0.6 is 0 Å². The molecule has 1 aromatic heterocycles. The summed E-state index contributed by atoms with van der Waals surface area (Å²) in [5, 5.41) is 8.26. The molecule has 0 spiro atoms. The molecule has 1 heterocycles.